The number of hydrogen-bond acceptors (Lipinski definition) is 5. The van der Waals surface area contributed by atoms with Crippen LogP contribution in [0.1, 0.15) is 29.3 Å². The minimum atomic E-state index is -0.400. The number of ether oxygens (including phenoxy) is 1. The Balaban J connectivity index is 1.69. The number of nitrogens with one attached hydrogen (secondary N) is 1. The summed E-state index contributed by atoms with van der Waals surface area (Å²) in [5, 5.41) is 1.11. The van der Waals surface area contributed by atoms with Crippen LogP contribution in [0.2, 0.25) is 0 Å². The highest BCUT2D eigenvalue weighted by atomic mass is 79.9. The molecule has 8 heteroatoms. The highest BCUT2D eigenvalue weighted by Gasteiger charge is 2.33. The van der Waals surface area contributed by atoms with E-state index in [2.05, 4.69) is 21.4 Å². The highest BCUT2D eigenvalue weighted by Crippen LogP contribution is 2.31. The van der Waals surface area contributed by atoms with Gasteiger partial charge in [-0.15, -0.1) is 0 Å². The van der Waals surface area contributed by atoms with Crippen molar-refractivity contribution < 1.29 is 14.3 Å². The van der Waals surface area contributed by atoms with Crippen LogP contribution in [0.4, 0.5) is 0 Å². The van der Waals surface area contributed by atoms with Gasteiger partial charge in [0, 0.05) is 10.0 Å². The molecule has 2 aromatic carbocycles. The summed E-state index contributed by atoms with van der Waals surface area (Å²) in [6.07, 6.45) is 2.69. The van der Waals surface area contributed by atoms with Gasteiger partial charge in [-0.1, -0.05) is 46.7 Å². The monoisotopic (exact) mass is 476 g/mol. The van der Waals surface area contributed by atoms with Crippen molar-refractivity contribution in [3.8, 4) is 5.75 Å². The summed E-state index contributed by atoms with van der Waals surface area (Å²) in [6.45, 7) is 2.71. The number of thioether (sulfide) groups is 1. The van der Waals surface area contributed by atoms with Gasteiger partial charge in [0.05, 0.1) is 11.5 Å². The number of halogens is 1. The molecule has 0 bridgehead atoms. The Morgan fingerprint density at radius 3 is 2.54 bits per heavy atom. The summed E-state index contributed by atoms with van der Waals surface area (Å²) in [5.41, 5.74) is 3.85. The van der Waals surface area contributed by atoms with Crippen LogP contribution in [0.15, 0.2) is 57.9 Å². The maximum absolute atomic E-state index is 12.7. The second-order valence-electron chi connectivity index (χ2n) is 5.88. The Bertz CT molecular complexity index is 927. The number of thiocarbonyl (C=S) groups is 1. The molecule has 144 valence electrons. The molecule has 0 unspecified atom stereocenters. The maximum atomic E-state index is 12.7. The van der Waals surface area contributed by atoms with E-state index in [1.807, 2.05) is 31.2 Å². The first kappa shape index (κ1) is 20.6. The van der Waals surface area contributed by atoms with Crippen LogP contribution in [0.5, 0.6) is 5.75 Å². The van der Waals surface area contributed by atoms with Gasteiger partial charge in [-0.2, -0.15) is 5.01 Å². The molecule has 0 radical (unpaired) electrons. The van der Waals surface area contributed by atoms with Gasteiger partial charge in [-0.3, -0.25) is 15.0 Å². The third-order valence-electron chi connectivity index (χ3n) is 3.76. The zero-order valence-electron chi connectivity index (χ0n) is 15.0. The number of hydrazine groups is 1. The molecule has 1 aliphatic rings. The first-order chi connectivity index (χ1) is 13.5. The standard InChI is InChI=1S/C20H17BrN2O3S2/c1-2-11-26-16-9-3-13(4-10-16)12-17-19(25)23(20(27)28-17)22-18(24)14-5-7-15(21)8-6-14/h3-10,12H,2,11H2,1H3,(H,22,24)/b17-12-. The summed E-state index contributed by atoms with van der Waals surface area (Å²) >= 11 is 9.73. The molecule has 0 aliphatic carbocycles. The van der Waals surface area contributed by atoms with Gasteiger partial charge in [0.15, 0.2) is 4.32 Å². The van der Waals surface area contributed by atoms with E-state index in [1.165, 1.54) is 0 Å². The molecule has 1 fully saturated rings. The number of nitrogens with zero attached hydrogens (tertiary/aromatic N) is 1. The summed E-state index contributed by atoms with van der Waals surface area (Å²) in [5.74, 6) is 0.0301. The number of hydrogen-bond donors (Lipinski definition) is 1. The molecule has 1 aliphatic heterocycles. The molecule has 0 aromatic heterocycles. The van der Waals surface area contributed by atoms with Crippen LogP contribution in [0, 0.1) is 0 Å². The topological polar surface area (TPSA) is 58.6 Å². The second kappa shape index (κ2) is 9.36. The Hall–Kier alpha value is -2.16. The van der Waals surface area contributed by atoms with E-state index in [1.54, 1.807) is 30.3 Å². The van der Waals surface area contributed by atoms with Gasteiger partial charge in [0.25, 0.3) is 11.8 Å². The average Bonchev–Trinajstić information content (AvgIpc) is 2.95. The largest absolute Gasteiger partial charge is 0.494 e. The molecule has 28 heavy (non-hydrogen) atoms. The molecule has 0 spiro atoms. The number of rotatable bonds is 6. The fourth-order valence-electron chi connectivity index (χ4n) is 2.36. The molecule has 3 rings (SSSR count). The van der Waals surface area contributed by atoms with Crippen LogP contribution >= 0.6 is 39.9 Å². The Morgan fingerprint density at radius 1 is 1.21 bits per heavy atom. The first-order valence-electron chi connectivity index (χ1n) is 8.55. The summed E-state index contributed by atoms with van der Waals surface area (Å²) in [6, 6.07) is 14.3. The minimum Gasteiger partial charge on any atom is -0.494 e. The number of carbonyl (C=O) groups is 2. The molecule has 0 saturated carbocycles. The van der Waals surface area contributed by atoms with Gasteiger partial charge >= 0.3 is 0 Å². The van der Waals surface area contributed by atoms with Crippen molar-refractivity contribution in [2.24, 2.45) is 0 Å². The molecule has 2 amide bonds. The molecule has 5 nitrogen and oxygen atoms in total. The Morgan fingerprint density at radius 2 is 1.89 bits per heavy atom. The molecular formula is C20H17BrN2O3S2. The molecule has 1 saturated heterocycles. The molecule has 1 N–H and O–H groups in total. The smallest absolute Gasteiger partial charge is 0.285 e. The van der Waals surface area contributed by atoms with Crippen molar-refractivity contribution >= 4 is 62.1 Å². The normalized spacial score (nSPS) is 15.2. The molecule has 0 atom stereocenters. The third-order valence-corrected chi connectivity index (χ3v) is 5.60. The van der Waals surface area contributed by atoms with Crippen LogP contribution in [0.3, 0.4) is 0 Å². The van der Waals surface area contributed by atoms with Gasteiger partial charge in [0.1, 0.15) is 5.75 Å². The maximum Gasteiger partial charge on any atom is 0.285 e. The van der Waals surface area contributed by atoms with Crippen LogP contribution < -0.4 is 10.2 Å². The van der Waals surface area contributed by atoms with E-state index in [0.29, 0.717) is 17.1 Å². The van der Waals surface area contributed by atoms with Crippen molar-refractivity contribution in [2.45, 2.75) is 13.3 Å². The predicted octanol–water partition coefficient (Wildman–Crippen LogP) is 4.78. The van der Waals surface area contributed by atoms with Crippen molar-refractivity contribution in [1.29, 1.82) is 0 Å². The predicted molar refractivity (Wildman–Crippen MR) is 119 cm³/mol. The third kappa shape index (κ3) is 5.01. The van der Waals surface area contributed by atoms with Crippen LogP contribution in [-0.4, -0.2) is 27.8 Å². The zero-order chi connectivity index (χ0) is 20.1. The van der Waals surface area contributed by atoms with E-state index in [9.17, 15) is 9.59 Å². The number of carbonyl (C=O) groups excluding carboxylic acids is 2. The van der Waals surface area contributed by atoms with Crippen molar-refractivity contribution in [3.05, 3.63) is 69.0 Å². The average molecular weight is 477 g/mol. The fourth-order valence-corrected chi connectivity index (χ4v) is 3.81. The van der Waals surface area contributed by atoms with Gasteiger partial charge < -0.3 is 4.74 Å². The van der Waals surface area contributed by atoms with E-state index in [0.717, 1.165) is 39.0 Å². The molecule has 1 heterocycles. The Labute approximate surface area is 181 Å². The molecule has 2 aromatic rings. The van der Waals surface area contributed by atoms with E-state index in [4.69, 9.17) is 17.0 Å². The van der Waals surface area contributed by atoms with Crippen LogP contribution in [0.25, 0.3) is 6.08 Å². The van der Waals surface area contributed by atoms with E-state index >= 15 is 0 Å². The lowest BCUT2D eigenvalue weighted by atomic mass is 10.2. The first-order valence-corrected chi connectivity index (χ1v) is 10.6. The van der Waals surface area contributed by atoms with Gasteiger partial charge in [-0.05, 0) is 66.7 Å². The van der Waals surface area contributed by atoms with E-state index in [-0.39, 0.29) is 10.2 Å². The molecular weight excluding hydrogens is 460 g/mol. The van der Waals surface area contributed by atoms with Gasteiger partial charge in [-0.25, -0.2) is 0 Å². The summed E-state index contributed by atoms with van der Waals surface area (Å²) in [7, 11) is 0. The lowest BCUT2D eigenvalue weighted by Gasteiger charge is -2.15. The summed E-state index contributed by atoms with van der Waals surface area (Å²) in [4.78, 5) is 25.5. The fraction of sp³-hybridized carbons (Fsp3) is 0.150. The van der Waals surface area contributed by atoms with Crippen LogP contribution in [-0.2, 0) is 4.79 Å². The summed E-state index contributed by atoms with van der Waals surface area (Å²) < 4.78 is 6.70. The number of amides is 2. The minimum absolute atomic E-state index is 0.282. The SMILES string of the molecule is CCCOc1ccc(/C=C2\SC(=S)N(NC(=O)c3ccc(Br)cc3)C2=O)cc1. The van der Waals surface area contributed by atoms with Crippen molar-refractivity contribution in [3.63, 3.8) is 0 Å². The van der Waals surface area contributed by atoms with Gasteiger partial charge in [0.2, 0.25) is 0 Å². The lowest BCUT2D eigenvalue weighted by Crippen LogP contribution is -2.44. The lowest BCUT2D eigenvalue weighted by molar-refractivity contribution is -0.123. The van der Waals surface area contributed by atoms with Crippen molar-refractivity contribution in [2.75, 3.05) is 6.61 Å². The second-order valence-corrected chi connectivity index (χ2v) is 8.47. The van der Waals surface area contributed by atoms with E-state index < -0.39 is 5.91 Å². The quantitative estimate of drug-likeness (QED) is 0.479. The van der Waals surface area contributed by atoms with Crippen molar-refractivity contribution in [1.82, 2.24) is 10.4 Å². The highest BCUT2D eigenvalue weighted by molar-refractivity contribution is 9.10. The zero-order valence-corrected chi connectivity index (χ0v) is 18.2. The Kier molecular flexibility index (Phi) is 6.88. The number of benzene rings is 2.